The number of halogens is 6. The second-order valence-electron chi connectivity index (χ2n) is 6.89. The van der Waals surface area contributed by atoms with Gasteiger partial charge >= 0.3 is 12.4 Å². The van der Waals surface area contributed by atoms with Crippen LogP contribution in [0.2, 0.25) is 0 Å². The molecule has 0 bridgehead atoms. The zero-order valence-corrected chi connectivity index (χ0v) is 16.2. The molecular weight excluding hydrogens is 414 g/mol. The highest BCUT2D eigenvalue weighted by atomic mass is 19.4. The first-order valence-corrected chi connectivity index (χ1v) is 9.32. The first-order chi connectivity index (χ1) is 13.8. The van der Waals surface area contributed by atoms with Crippen LogP contribution in [0.3, 0.4) is 0 Å². The number of alkyl halides is 6. The summed E-state index contributed by atoms with van der Waals surface area (Å²) in [5.74, 6) is -1.72. The molecule has 1 atom stereocenters. The number of carbonyl (C=O) groups is 2. The van der Waals surface area contributed by atoms with Crippen molar-refractivity contribution in [2.24, 2.45) is 5.73 Å². The molecule has 3 N–H and O–H groups in total. The smallest absolute Gasteiger partial charge is 0.368 e. The highest BCUT2D eigenvalue weighted by molar-refractivity contribution is 5.87. The van der Waals surface area contributed by atoms with Crippen LogP contribution < -0.4 is 11.1 Å². The van der Waals surface area contributed by atoms with Crippen LogP contribution >= 0.6 is 0 Å². The molecule has 168 valence electrons. The number of allylic oxidation sites excluding steroid dienone is 1. The van der Waals surface area contributed by atoms with Crippen LogP contribution in [0, 0.1) is 0 Å². The van der Waals surface area contributed by atoms with Gasteiger partial charge in [-0.05, 0) is 43.0 Å². The molecule has 0 aliphatic carbocycles. The Morgan fingerprint density at radius 1 is 0.967 bits per heavy atom. The maximum atomic E-state index is 12.9. The molecule has 0 aromatic heterocycles. The Morgan fingerprint density at radius 2 is 1.50 bits per heavy atom. The van der Waals surface area contributed by atoms with Crippen LogP contribution in [-0.2, 0) is 28.4 Å². The SMILES string of the molecule is C=CCCCCCC[C@H](NC(=O)Cc1cc(C(F)(F)F)cc(C(F)(F)F)c1)C(N)=O. The fraction of sp³-hybridized carbons (Fsp3) is 0.500. The van der Waals surface area contributed by atoms with Crippen molar-refractivity contribution < 1.29 is 35.9 Å². The van der Waals surface area contributed by atoms with Gasteiger partial charge < -0.3 is 11.1 Å². The van der Waals surface area contributed by atoms with Crippen LogP contribution in [0.1, 0.15) is 55.2 Å². The van der Waals surface area contributed by atoms with Gasteiger partial charge in [0, 0.05) is 0 Å². The van der Waals surface area contributed by atoms with E-state index >= 15 is 0 Å². The molecule has 1 rings (SSSR count). The largest absolute Gasteiger partial charge is 0.416 e. The molecule has 0 saturated heterocycles. The number of carbonyl (C=O) groups excluding carboxylic acids is 2. The van der Waals surface area contributed by atoms with Crippen LogP contribution in [0.4, 0.5) is 26.3 Å². The minimum atomic E-state index is -5.01. The minimum absolute atomic E-state index is 0.0139. The Hall–Kier alpha value is -2.52. The van der Waals surface area contributed by atoms with Gasteiger partial charge in [0.15, 0.2) is 0 Å². The third kappa shape index (κ3) is 8.87. The van der Waals surface area contributed by atoms with Crippen molar-refractivity contribution in [3.05, 3.63) is 47.5 Å². The Morgan fingerprint density at radius 3 is 1.97 bits per heavy atom. The van der Waals surface area contributed by atoms with E-state index in [1.165, 1.54) is 0 Å². The maximum absolute atomic E-state index is 12.9. The van der Waals surface area contributed by atoms with Crippen molar-refractivity contribution in [1.82, 2.24) is 5.32 Å². The molecular formula is C20H24F6N2O2. The Balaban J connectivity index is 2.81. The van der Waals surface area contributed by atoms with E-state index in [1.807, 2.05) is 0 Å². The van der Waals surface area contributed by atoms with Crippen molar-refractivity contribution in [1.29, 1.82) is 0 Å². The van der Waals surface area contributed by atoms with Crippen LogP contribution in [0.25, 0.3) is 0 Å². The van der Waals surface area contributed by atoms with Crippen LogP contribution in [0.15, 0.2) is 30.9 Å². The molecule has 0 unspecified atom stereocenters. The van der Waals surface area contributed by atoms with Crippen LogP contribution in [0.5, 0.6) is 0 Å². The zero-order valence-electron chi connectivity index (χ0n) is 16.2. The summed E-state index contributed by atoms with van der Waals surface area (Å²) in [6.07, 6.45) is -4.74. The summed E-state index contributed by atoms with van der Waals surface area (Å²) in [6, 6.07) is -0.105. The molecule has 0 radical (unpaired) electrons. The number of primary amides is 1. The lowest BCUT2D eigenvalue weighted by atomic mass is 10.0. The lowest BCUT2D eigenvalue weighted by Crippen LogP contribution is -2.45. The quantitative estimate of drug-likeness (QED) is 0.297. The first kappa shape index (κ1) is 25.5. The second-order valence-corrected chi connectivity index (χ2v) is 6.89. The van der Waals surface area contributed by atoms with Gasteiger partial charge in [-0.3, -0.25) is 9.59 Å². The second kappa shape index (κ2) is 11.0. The van der Waals surface area contributed by atoms with E-state index in [4.69, 9.17) is 5.73 Å². The molecule has 0 aliphatic rings. The maximum Gasteiger partial charge on any atom is 0.416 e. The van der Waals surface area contributed by atoms with Crippen molar-refractivity contribution >= 4 is 11.8 Å². The van der Waals surface area contributed by atoms with E-state index in [-0.39, 0.29) is 12.5 Å². The minimum Gasteiger partial charge on any atom is -0.368 e. The topological polar surface area (TPSA) is 72.2 Å². The van der Waals surface area contributed by atoms with Crippen molar-refractivity contribution in [2.45, 2.75) is 63.3 Å². The van der Waals surface area contributed by atoms with Gasteiger partial charge in [0.2, 0.25) is 11.8 Å². The highest BCUT2D eigenvalue weighted by Crippen LogP contribution is 2.36. The summed E-state index contributed by atoms with van der Waals surface area (Å²) in [5, 5.41) is 2.29. The molecule has 30 heavy (non-hydrogen) atoms. The summed E-state index contributed by atoms with van der Waals surface area (Å²) in [7, 11) is 0. The van der Waals surface area contributed by atoms with Gasteiger partial charge in [-0.2, -0.15) is 26.3 Å². The first-order valence-electron chi connectivity index (χ1n) is 9.32. The summed E-state index contributed by atoms with van der Waals surface area (Å²) in [4.78, 5) is 23.7. The number of amides is 2. The number of nitrogens with one attached hydrogen (secondary N) is 1. The lowest BCUT2D eigenvalue weighted by Gasteiger charge is -2.17. The summed E-state index contributed by atoms with van der Waals surface area (Å²) in [6.45, 7) is 3.60. The van der Waals surface area contributed by atoms with Crippen molar-refractivity contribution in [3.8, 4) is 0 Å². The molecule has 0 heterocycles. The molecule has 0 saturated carbocycles. The summed E-state index contributed by atoms with van der Waals surface area (Å²) < 4.78 is 77.4. The standard InChI is InChI=1S/C20H24F6N2O2/c1-2-3-4-5-6-7-8-16(18(27)30)28-17(29)11-13-9-14(19(21,22)23)12-15(10-13)20(24,25)26/h2,9-10,12,16H,1,3-8,11H2,(H2,27,30)(H,28,29)/t16-/m0/s1. The van der Waals surface area contributed by atoms with Crippen molar-refractivity contribution in [2.75, 3.05) is 0 Å². The molecule has 4 nitrogen and oxygen atoms in total. The van der Waals surface area contributed by atoms with Gasteiger partial charge in [-0.25, -0.2) is 0 Å². The average molecular weight is 438 g/mol. The number of unbranched alkanes of at least 4 members (excludes halogenated alkanes) is 4. The highest BCUT2D eigenvalue weighted by Gasteiger charge is 2.37. The third-order valence-electron chi connectivity index (χ3n) is 4.34. The van der Waals surface area contributed by atoms with Crippen LogP contribution in [-0.4, -0.2) is 17.9 Å². The Labute approximate surface area is 170 Å². The Kier molecular flexibility index (Phi) is 9.38. The Bertz CT molecular complexity index is 712. The number of rotatable bonds is 11. The number of hydrogen-bond donors (Lipinski definition) is 2. The monoisotopic (exact) mass is 438 g/mol. The van der Waals surface area contributed by atoms with Gasteiger partial charge in [-0.15, -0.1) is 6.58 Å². The van der Waals surface area contributed by atoms with E-state index < -0.39 is 53.3 Å². The number of nitrogens with two attached hydrogens (primary N) is 1. The average Bonchev–Trinajstić information content (AvgIpc) is 2.61. The molecule has 2 amide bonds. The third-order valence-corrected chi connectivity index (χ3v) is 4.34. The van der Waals surface area contributed by atoms with Gasteiger partial charge in [-0.1, -0.05) is 25.3 Å². The zero-order chi connectivity index (χ0) is 22.9. The molecule has 0 fully saturated rings. The number of hydrogen-bond acceptors (Lipinski definition) is 2. The predicted molar refractivity (Wildman–Crippen MR) is 99.2 cm³/mol. The molecule has 1 aromatic rings. The van der Waals surface area contributed by atoms with E-state index in [1.54, 1.807) is 6.08 Å². The molecule has 0 aliphatic heterocycles. The van der Waals surface area contributed by atoms with Gasteiger partial charge in [0.1, 0.15) is 6.04 Å². The van der Waals surface area contributed by atoms with E-state index in [0.717, 1.165) is 25.7 Å². The van der Waals surface area contributed by atoms with E-state index in [2.05, 4.69) is 11.9 Å². The lowest BCUT2D eigenvalue weighted by molar-refractivity contribution is -0.143. The molecule has 0 spiro atoms. The van der Waals surface area contributed by atoms with Crippen molar-refractivity contribution in [3.63, 3.8) is 0 Å². The fourth-order valence-electron chi connectivity index (χ4n) is 2.83. The molecule has 10 heteroatoms. The fourth-order valence-corrected chi connectivity index (χ4v) is 2.83. The van der Waals surface area contributed by atoms with Gasteiger partial charge in [0.05, 0.1) is 17.5 Å². The summed E-state index contributed by atoms with van der Waals surface area (Å²) >= 11 is 0. The normalized spacial score (nSPS) is 13.0. The van der Waals surface area contributed by atoms with E-state index in [0.29, 0.717) is 18.6 Å². The number of benzene rings is 1. The summed E-state index contributed by atoms with van der Waals surface area (Å²) in [5.41, 5.74) is 1.75. The molecule has 1 aromatic carbocycles. The predicted octanol–water partition coefficient (Wildman–Crippen LogP) is 4.76. The van der Waals surface area contributed by atoms with Gasteiger partial charge in [0.25, 0.3) is 0 Å². The van der Waals surface area contributed by atoms with E-state index in [9.17, 15) is 35.9 Å².